The fraction of sp³-hybridized carbons (Fsp3) is 0.176. The molecule has 1 heterocycles. The number of aryl methyl sites for hydroxylation is 1. The van der Waals surface area contributed by atoms with Gasteiger partial charge in [-0.1, -0.05) is 29.5 Å². The zero-order chi connectivity index (χ0) is 15.5. The van der Waals surface area contributed by atoms with Crippen LogP contribution in [0.25, 0.3) is 16.9 Å². The van der Waals surface area contributed by atoms with Crippen LogP contribution in [0.3, 0.4) is 0 Å². The SMILES string of the molecule is COc1cc(-n2cc(-c3cccc(CN)c3)nn2)ccc1C. The number of nitrogens with zero attached hydrogens (tertiary/aromatic N) is 3. The van der Waals surface area contributed by atoms with Gasteiger partial charge >= 0.3 is 0 Å². The van der Waals surface area contributed by atoms with E-state index in [0.717, 1.165) is 33.8 Å². The number of ether oxygens (including phenoxy) is 1. The van der Waals surface area contributed by atoms with Gasteiger partial charge in [0.25, 0.3) is 0 Å². The Morgan fingerprint density at radius 3 is 2.82 bits per heavy atom. The molecule has 1 aromatic heterocycles. The Morgan fingerprint density at radius 2 is 2.05 bits per heavy atom. The van der Waals surface area contributed by atoms with Crippen LogP contribution in [0.5, 0.6) is 5.75 Å². The van der Waals surface area contributed by atoms with Gasteiger partial charge in [-0.05, 0) is 30.2 Å². The lowest BCUT2D eigenvalue weighted by Gasteiger charge is -2.06. The Kier molecular flexibility index (Phi) is 3.89. The molecule has 3 aromatic rings. The van der Waals surface area contributed by atoms with E-state index >= 15 is 0 Å². The Bertz CT molecular complexity index is 795. The monoisotopic (exact) mass is 294 g/mol. The van der Waals surface area contributed by atoms with Crippen molar-refractivity contribution in [3.63, 3.8) is 0 Å². The van der Waals surface area contributed by atoms with E-state index in [1.807, 2.05) is 55.6 Å². The summed E-state index contributed by atoms with van der Waals surface area (Å²) in [6.45, 7) is 2.52. The van der Waals surface area contributed by atoms with E-state index in [1.54, 1.807) is 11.8 Å². The number of hydrogen-bond donors (Lipinski definition) is 1. The molecule has 3 rings (SSSR count). The van der Waals surface area contributed by atoms with Crippen molar-refractivity contribution in [1.82, 2.24) is 15.0 Å². The lowest BCUT2D eigenvalue weighted by atomic mass is 10.1. The molecule has 5 heteroatoms. The minimum absolute atomic E-state index is 0.511. The van der Waals surface area contributed by atoms with Crippen LogP contribution in [0.1, 0.15) is 11.1 Å². The molecule has 0 unspecified atom stereocenters. The molecule has 0 fully saturated rings. The lowest BCUT2D eigenvalue weighted by molar-refractivity contribution is 0.411. The van der Waals surface area contributed by atoms with E-state index in [2.05, 4.69) is 10.3 Å². The van der Waals surface area contributed by atoms with Crippen molar-refractivity contribution >= 4 is 0 Å². The van der Waals surface area contributed by atoms with Gasteiger partial charge in [0, 0.05) is 18.2 Å². The number of methoxy groups -OCH3 is 1. The summed E-state index contributed by atoms with van der Waals surface area (Å²) < 4.78 is 7.10. The molecule has 0 saturated heterocycles. The maximum Gasteiger partial charge on any atom is 0.123 e. The molecule has 0 bridgehead atoms. The molecule has 5 nitrogen and oxygen atoms in total. The summed E-state index contributed by atoms with van der Waals surface area (Å²) in [5.41, 5.74) is 10.6. The van der Waals surface area contributed by atoms with E-state index in [4.69, 9.17) is 10.5 Å². The minimum atomic E-state index is 0.511. The van der Waals surface area contributed by atoms with Crippen LogP contribution in [0.15, 0.2) is 48.7 Å². The van der Waals surface area contributed by atoms with Gasteiger partial charge in [0.1, 0.15) is 11.4 Å². The van der Waals surface area contributed by atoms with Crippen molar-refractivity contribution < 1.29 is 4.74 Å². The summed E-state index contributed by atoms with van der Waals surface area (Å²) in [4.78, 5) is 0. The second-order valence-electron chi connectivity index (χ2n) is 5.11. The van der Waals surface area contributed by atoms with E-state index in [0.29, 0.717) is 6.54 Å². The number of nitrogens with two attached hydrogens (primary N) is 1. The fourth-order valence-corrected chi connectivity index (χ4v) is 2.33. The molecular weight excluding hydrogens is 276 g/mol. The molecule has 22 heavy (non-hydrogen) atoms. The lowest BCUT2D eigenvalue weighted by Crippen LogP contribution is -1.96. The highest BCUT2D eigenvalue weighted by atomic mass is 16.5. The molecule has 0 radical (unpaired) electrons. The number of hydrogen-bond acceptors (Lipinski definition) is 4. The van der Waals surface area contributed by atoms with E-state index in [9.17, 15) is 0 Å². The predicted octanol–water partition coefficient (Wildman–Crippen LogP) is 2.71. The molecule has 0 aliphatic heterocycles. The first-order chi connectivity index (χ1) is 10.7. The second-order valence-corrected chi connectivity index (χ2v) is 5.11. The Balaban J connectivity index is 1.96. The summed E-state index contributed by atoms with van der Waals surface area (Å²) >= 11 is 0. The van der Waals surface area contributed by atoms with Crippen LogP contribution in [0, 0.1) is 6.92 Å². The summed E-state index contributed by atoms with van der Waals surface area (Å²) in [6.07, 6.45) is 1.90. The standard InChI is InChI=1S/C17H18N4O/c1-12-6-7-15(9-17(12)22-2)21-11-16(19-20-21)14-5-3-4-13(8-14)10-18/h3-9,11H,10,18H2,1-2H3. The number of aromatic nitrogens is 3. The van der Waals surface area contributed by atoms with E-state index in [1.165, 1.54) is 0 Å². The normalized spacial score (nSPS) is 10.7. The predicted molar refractivity (Wildman–Crippen MR) is 86.0 cm³/mol. The van der Waals surface area contributed by atoms with Crippen LogP contribution in [0.2, 0.25) is 0 Å². The first-order valence-corrected chi connectivity index (χ1v) is 7.08. The molecule has 0 aliphatic carbocycles. The zero-order valence-corrected chi connectivity index (χ0v) is 12.7. The second kappa shape index (κ2) is 5.99. The largest absolute Gasteiger partial charge is 0.496 e. The smallest absolute Gasteiger partial charge is 0.123 e. The van der Waals surface area contributed by atoms with Crippen LogP contribution in [-0.4, -0.2) is 22.1 Å². The van der Waals surface area contributed by atoms with Crippen molar-refractivity contribution in [1.29, 1.82) is 0 Å². The minimum Gasteiger partial charge on any atom is -0.496 e. The quantitative estimate of drug-likeness (QED) is 0.803. The zero-order valence-electron chi connectivity index (χ0n) is 12.7. The van der Waals surface area contributed by atoms with Gasteiger partial charge in [-0.3, -0.25) is 0 Å². The summed E-state index contributed by atoms with van der Waals surface area (Å²) in [5.74, 6) is 0.833. The van der Waals surface area contributed by atoms with Crippen LogP contribution in [-0.2, 0) is 6.54 Å². The third kappa shape index (κ3) is 2.71. The summed E-state index contributed by atoms with van der Waals surface area (Å²) in [7, 11) is 1.66. The van der Waals surface area contributed by atoms with Crippen molar-refractivity contribution in [2.24, 2.45) is 5.73 Å². The Labute approximate surface area is 129 Å². The van der Waals surface area contributed by atoms with Gasteiger partial charge in [0.2, 0.25) is 0 Å². The number of benzene rings is 2. The van der Waals surface area contributed by atoms with Gasteiger partial charge in [0.15, 0.2) is 0 Å². The van der Waals surface area contributed by atoms with Gasteiger partial charge in [0.05, 0.1) is 19.0 Å². The van der Waals surface area contributed by atoms with E-state index in [-0.39, 0.29) is 0 Å². The molecule has 2 aromatic carbocycles. The first-order valence-electron chi connectivity index (χ1n) is 7.08. The maximum atomic E-state index is 5.68. The highest BCUT2D eigenvalue weighted by Gasteiger charge is 2.07. The van der Waals surface area contributed by atoms with Gasteiger partial charge < -0.3 is 10.5 Å². The number of rotatable bonds is 4. The van der Waals surface area contributed by atoms with Crippen molar-refractivity contribution in [3.05, 3.63) is 59.8 Å². The highest BCUT2D eigenvalue weighted by Crippen LogP contribution is 2.23. The summed E-state index contributed by atoms with van der Waals surface area (Å²) in [5, 5.41) is 8.45. The van der Waals surface area contributed by atoms with Crippen LogP contribution < -0.4 is 10.5 Å². The molecular formula is C17H18N4O. The van der Waals surface area contributed by atoms with E-state index < -0.39 is 0 Å². The average molecular weight is 294 g/mol. The average Bonchev–Trinajstić information content (AvgIpc) is 3.05. The molecule has 2 N–H and O–H groups in total. The molecule has 0 spiro atoms. The molecule has 112 valence electrons. The molecule has 0 atom stereocenters. The molecule has 0 saturated carbocycles. The van der Waals surface area contributed by atoms with Gasteiger partial charge in [-0.2, -0.15) is 0 Å². The summed E-state index contributed by atoms with van der Waals surface area (Å²) in [6, 6.07) is 14.0. The highest BCUT2D eigenvalue weighted by molar-refractivity contribution is 5.59. The molecule has 0 amide bonds. The third-order valence-corrected chi connectivity index (χ3v) is 3.61. The Hall–Kier alpha value is -2.66. The first kappa shape index (κ1) is 14.3. The maximum absolute atomic E-state index is 5.68. The van der Waals surface area contributed by atoms with Crippen molar-refractivity contribution in [3.8, 4) is 22.7 Å². The molecule has 0 aliphatic rings. The van der Waals surface area contributed by atoms with Crippen LogP contribution in [0.4, 0.5) is 0 Å². The van der Waals surface area contributed by atoms with Crippen molar-refractivity contribution in [2.45, 2.75) is 13.5 Å². The van der Waals surface area contributed by atoms with Gasteiger partial charge in [-0.25, -0.2) is 4.68 Å². The fourth-order valence-electron chi connectivity index (χ4n) is 2.33. The van der Waals surface area contributed by atoms with Crippen LogP contribution >= 0.6 is 0 Å². The van der Waals surface area contributed by atoms with Crippen molar-refractivity contribution in [2.75, 3.05) is 7.11 Å². The topological polar surface area (TPSA) is 66.0 Å². The van der Waals surface area contributed by atoms with Gasteiger partial charge in [-0.15, -0.1) is 5.10 Å². The third-order valence-electron chi connectivity index (χ3n) is 3.61. The Morgan fingerprint density at radius 1 is 1.18 bits per heavy atom.